The maximum atomic E-state index is 6.67. The highest BCUT2D eigenvalue weighted by Gasteiger charge is 2.23. The highest BCUT2D eigenvalue weighted by Crippen LogP contribution is 2.47. The number of nitrogens with zero attached hydrogens (tertiary/aromatic N) is 3. The monoisotopic (exact) mass is 769 g/mol. The van der Waals surface area contributed by atoms with Crippen molar-refractivity contribution in [3.05, 3.63) is 212 Å². The van der Waals surface area contributed by atoms with E-state index in [0.717, 1.165) is 89.1 Å². The Hall–Kier alpha value is -8.15. The number of para-hydroxylation sites is 4. The Morgan fingerprint density at radius 3 is 1.85 bits per heavy atom. The van der Waals surface area contributed by atoms with Gasteiger partial charge in [0.25, 0.3) is 0 Å². The Labute approximate surface area is 345 Å². The molecule has 0 N–H and O–H groups in total. The minimum Gasteiger partial charge on any atom is -0.455 e. The lowest BCUT2D eigenvalue weighted by Crippen LogP contribution is -2.11. The van der Waals surface area contributed by atoms with Gasteiger partial charge in [0.15, 0.2) is 5.58 Å². The molecular weight excluding hydrogens is 735 g/mol. The Bertz CT molecular complexity index is 3530. The normalized spacial score (nSPS) is 11.7. The van der Waals surface area contributed by atoms with Gasteiger partial charge in [0.05, 0.1) is 22.4 Å². The first-order valence-corrected chi connectivity index (χ1v) is 20.2. The predicted octanol–water partition coefficient (Wildman–Crippen LogP) is 15.3. The van der Waals surface area contributed by atoms with Crippen molar-refractivity contribution in [1.29, 1.82) is 0 Å². The van der Waals surface area contributed by atoms with E-state index in [1.165, 1.54) is 10.8 Å². The fraction of sp³-hybridized carbons (Fsp3) is 0. The van der Waals surface area contributed by atoms with Gasteiger partial charge in [-0.1, -0.05) is 140 Å². The zero-order chi connectivity index (χ0) is 39.6. The van der Waals surface area contributed by atoms with Crippen LogP contribution in [0.4, 0.5) is 17.1 Å². The van der Waals surface area contributed by atoms with Crippen molar-refractivity contribution in [3.8, 4) is 39.4 Å². The van der Waals surface area contributed by atoms with Crippen molar-refractivity contribution in [2.24, 2.45) is 0 Å². The second-order valence-corrected chi connectivity index (χ2v) is 15.1. The number of fused-ring (bicyclic) bond motifs is 7. The Morgan fingerprint density at radius 1 is 0.417 bits per heavy atom. The van der Waals surface area contributed by atoms with E-state index in [4.69, 9.17) is 13.8 Å². The molecule has 12 aromatic rings. The van der Waals surface area contributed by atoms with Crippen LogP contribution < -0.4 is 4.90 Å². The third-order valence-corrected chi connectivity index (χ3v) is 11.6. The van der Waals surface area contributed by atoms with Crippen molar-refractivity contribution in [3.63, 3.8) is 0 Å². The van der Waals surface area contributed by atoms with Crippen molar-refractivity contribution in [2.75, 3.05) is 4.90 Å². The van der Waals surface area contributed by atoms with Crippen LogP contribution in [0.3, 0.4) is 0 Å². The van der Waals surface area contributed by atoms with Crippen LogP contribution in [0, 0.1) is 0 Å². The quantitative estimate of drug-likeness (QED) is 0.162. The summed E-state index contributed by atoms with van der Waals surface area (Å²) in [5.74, 6) is 0.599. The molecule has 3 heterocycles. The predicted molar refractivity (Wildman–Crippen MR) is 247 cm³/mol. The molecule has 0 aliphatic carbocycles. The summed E-state index contributed by atoms with van der Waals surface area (Å²) in [6, 6.07) is 74.7. The molecule has 5 heteroatoms. The molecule has 0 unspecified atom stereocenters. The van der Waals surface area contributed by atoms with E-state index in [-0.39, 0.29) is 0 Å². The van der Waals surface area contributed by atoms with E-state index in [2.05, 4.69) is 185 Å². The first-order chi connectivity index (χ1) is 29.8. The maximum absolute atomic E-state index is 6.67. The molecule has 0 spiro atoms. The zero-order valence-electron chi connectivity index (χ0n) is 32.4. The third-order valence-electron chi connectivity index (χ3n) is 11.6. The van der Waals surface area contributed by atoms with E-state index in [0.29, 0.717) is 11.5 Å². The van der Waals surface area contributed by atoms with E-state index in [9.17, 15) is 0 Å². The highest BCUT2D eigenvalue weighted by atomic mass is 16.4. The van der Waals surface area contributed by atoms with Gasteiger partial charge in [-0.2, -0.15) is 0 Å². The van der Waals surface area contributed by atoms with Gasteiger partial charge >= 0.3 is 0 Å². The van der Waals surface area contributed by atoms with Gasteiger partial charge in [-0.15, -0.1) is 0 Å². The van der Waals surface area contributed by atoms with Crippen molar-refractivity contribution < 1.29 is 8.83 Å². The third kappa shape index (κ3) is 5.44. The Balaban J connectivity index is 1.03. The first kappa shape index (κ1) is 33.9. The van der Waals surface area contributed by atoms with Crippen molar-refractivity contribution >= 4 is 71.9 Å². The molecule has 12 rings (SSSR count). The van der Waals surface area contributed by atoms with Crippen LogP contribution in [0.2, 0.25) is 0 Å². The molecule has 60 heavy (non-hydrogen) atoms. The Kier molecular flexibility index (Phi) is 7.78. The lowest BCUT2D eigenvalue weighted by molar-refractivity contribution is 0.617. The molecule has 0 aliphatic rings. The van der Waals surface area contributed by atoms with E-state index in [1.807, 2.05) is 36.4 Å². The highest BCUT2D eigenvalue weighted by molar-refractivity contribution is 6.17. The van der Waals surface area contributed by atoms with Crippen LogP contribution in [0.15, 0.2) is 221 Å². The molecule has 0 bridgehead atoms. The van der Waals surface area contributed by atoms with Crippen LogP contribution in [0.5, 0.6) is 0 Å². The topological polar surface area (TPSA) is 47.3 Å². The SMILES string of the molecule is c1ccc(-c2nc3cc4c(cc3o2)oc2c(-c3ccc(N(c5ccccc5-c5ccccc5)c5cccc6c5c5ccccc5n6-c5ccccc5)cc3)cccc24)cc1. The van der Waals surface area contributed by atoms with E-state index < -0.39 is 0 Å². The molecule has 0 fully saturated rings. The maximum Gasteiger partial charge on any atom is 0.227 e. The molecule has 0 saturated heterocycles. The number of hydrogen-bond donors (Lipinski definition) is 0. The summed E-state index contributed by atoms with van der Waals surface area (Å²) in [4.78, 5) is 7.26. The first-order valence-electron chi connectivity index (χ1n) is 20.2. The molecule has 0 aliphatic heterocycles. The fourth-order valence-corrected chi connectivity index (χ4v) is 8.92. The van der Waals surface area contributed by atoms with Gasteiger partial charge in [0.1, 0.15) is 16.7 Å². The summed E-state index contributed by atoms with van der Waals surface area (Å²) in [7, 11) is 0. The average molecular weight is 770 g/mol. The lowest BCUT2D eigenvalue weighted by Gasteiger charge is -2.29. The number of anilines is 3. The van der Waals surface area contributed by atoms with Crippen LogP contribution >= 0.6 is 0 Å². The summed E-state index contributed by atoms with van der Waals surface area (Å²) in [6.45, 7) is 0. The van der Waals surface area contributed by atoms with Gasteiger partial charge < -0.3 is 18.3 Å². The van der Waals surface area contributed by atoms with E-state index in [1.54, 1.807) is 0 Å². The number of oxazole rings is 1. The molecule has 5 nitrogen and oxygen atoms in total. The summed E-state index contributed by atoms with van der Waals surface area (Å²) in [5, 5.41) is 4.43. The molecule has 0 amide bonds. The van der Waals surface area contributed by atoms with Gasteiger partial charge in [-0.05, 0) is 77.9 Å². The second kappa shape index (κ2) is 13.8. The lowest BCUT2D eigenvalue weighted by atomic mass is 9.99. The standard InChI is InChI=1S/C55H35N3O2/c1-4-16-36(17-5-1)41-22-10-12-26-47(41)58(50-29-15-28-49-53(50)44-23-11-13-27-48(44)57(49)39-20-8-3-9-21-39)40-32-30-37(31-33-40)42-24-14-25-43-45-34-46-52(35-51(45)59-54(42)43)60-55(56-46)38-18-6-2-7-19-38/h1-35H. The van der Waals surface area contributed by atoms with Gasteiger partial charge in [0, 0.05) is 55.7 Å². The number of furan rings is 1. The van der Waals surface area contributed by atoms with Gasteiger partial charge in [-0.3, -0.25) is 0 Å². The molecule has 0 saturated carbocycles. The molecule has 9 aromatic carbocycles. The van der Waals surface area contributed by atoms with Crippen LogP contribution in [-0.4, -0.2) is 9.55 Å². The van der Waals surface area contributed by atoms with Crippen molar-refractivity contribution in [2.45, 2.75) is 0 Å². The van der Waals surface area contributed by atoms with E-state index >= 15 is 0 Å². The number of benzene rings is 9. The molecule has 282 valence electrons. The Morgan fingerprint density at radius 2 is 1.03 bits per heavy atom. The minimum atomic E-state index is 0.599. The molecule has 0 radical (unpaired) electrons. The average Bonchev–Trinajstić information content (AvgIpc) is 4.01. The number of rotatable bonds is 7. The zero-order valence-corrected chi connectivity index (χ0v) is 32.4. The molecule has 0 atom stereocenters. The molecule has 3 aromatic heterocycles. The summed E-state index contributed by atoms with van der Waals surface area (Å²) >= 11 is 0. The molecular formula is C55H35N3O2. The minimum absolute atomic E-state index is 0.599. The largest absolute Gasteiger partial charge is 0.455 e. The second-order valence-electron chi connectivity index (χ2n) is 15.1. The fourth-order valence-electron chi connectivity index (χ4n) is 8.92. The van der Waals surface area contributed by atoms with Crippen LogP contribution in [0.1, 0.15) is 0 Å². The van der Waals surface area contributed by atoms with Gasteiger partial charge in [-0.25, -0.2) is 4.98 Å². The summed E-state index contributed by atoms with van der Waals surface area (Å²) < 4.78 is 15.3. The number of aromatic nitrogens is 2. The van der Waals surface area contributed by atoms with Gasteiger partial charge in [0.2, 0.25) is 5.89 Å². The smallest absolute Gasteiger partial charge is 0.227 e. The van der Waals surface area contributed by atoms with Crippen LogP contribution in [0.25, 0.3) is 94.2 Å². The number of hydrogen-bond acceptors (Lipinski definition) is 4. The summed E-state index contributed by atoms with van der Waals surface area (Å²) in [5.41, 5.74) is 15.1. The summed E-state index contributed by atoms with van der Waals surface area (Å²) in [6.07, 6.45) is 0. The van der Waals surface area contributed by atoms with Crippen molar-refractivity contribution in [1.82, 2.24) is 9.55 Å². The van der Waals surface area contributed by atoms with Crippen LogP contribution in [-0.2, 0) is 0 Å².